The normalized spacial score (nSPS) is 18.9. The smallest absolute Gasteiger partial charge is 0.270 e. The summed E-state index contributed by atoms with van der Waals surface area (Å²) in [5.41, 5.74) is 2.74. The Morgan fingerprint density at radius 1 is 1.17 bits per heavy atom. The molecule has 1 fully saturated rings. The van der Waals surface area contributed by atoms with Crippen LogP contribution in [0.15, 0.2) is 47.5 Å². The van der Waals surface area contributed by atoms with Crippen LogP contribution < -0.4 is 0 Å². The van der Waals surface area contributed by atoms with Gasteiger partial charge in [0.1, 0.15) is 0 Å². The van der Waals surface area contributed by atoms with Gasteiger partial charge in [0.15, 0.2) is 0 Å². The van der Waals surface area contributed by atoms with Gasteiger partial charge in [0.05, 0.1) is 22.2 Å². The number of aliphatic imine (C=N–C) groups is 1. The lowest BCUT2D eigenvalue weighted by atomic mass is 10.0. The van der Waals surface area contributed by atoms with Crippen LogP contribution in [-0.2, 0) is 0 Å². The minimum atomic E-state index is -0.419. The topological polar surface area (TPSA) is 75.8 Å². The fourth-order valence-electron chi connectivity index (χ4n) is 3.32. The number of nitro benzene ring substituents is 1. The van der Waals surface area contributed by atoms with Crippen molar-refractivity contribution in [3.05, 3.63) is 58.1 Å². The van der Waals surface area contributed by atoms with Crippen molar-refractivity contribution < 1.29 is 9.72 Å². The van der Waals surface area contributed by atoms with E-state index in [9.17, 15) is 14.9 Å². The van der Waals surface area contributed by atoms with Crippen LogP contribution in [0.25, 0.3) is 11.1 Å². The summed E-state index contributed by atoms with van der Waals surface area (Å²) in [6, 6.07) is 11.9. The number of hydrogen-bond acceptors (Lipinski definition) is 4. The minimum absolute atomic E-state index is 0.0164. The molecule has 1 amide bonds. The average molecular weight is 321 g/mol. The first-order valence-electron chi connectivity index (χ1n) is 7.87. The summed E-state index contributed by atoms with van der Waals surface area (Å²) in [6.07, 6.45) is 3.78. The lowest BCUT2D eigenvalue weighted by Gasteiger charge is -2.20. The fourth-order valence-corrected chi connectivity index (χ4v) is 3.32. The molecular weight excluding hydrogens is 306 g/mol. The molecule has 0 bridgehead atoms. The highest BCUT2D eigenvalue weighted by Gasteiger charge is 2.31. The third kappa shape index (κ3) is 2.36. The molecule has 0 radical (unpaired) electrons. The summed E-state index contributed by atoms with van der Waals surface area (Å²) in [7, 11) is 0. The van der Waals surface area contributed by atoms with Crippen molar-refractivity contribution in [2.75, 3.05) is 6.54 Å². The van der Waals surface area contributed by atoms with Gasteiger partial charge in [0, 0.05) is 24.9 Å². The Morgan fingerprint density at radius 2 is 2.00 bits per heavy atom. The van der Waals surface area contributed by atoms with Gasteiger partial charge in [-0.05, 0) is 36.1 Å². The van der Waals surface area contributed by atoms with Crippen LogP contribution in [-0.4, -0.2) is 34.5 Å². The number of nitro groups is 1. The predicted molar refractivity (Wildman–Crippen MR) is 90.7 cm³/mol. The third-order valence-electron chi connectivity index (χ3n) is 4.56. The van der Waals surface area contributed by atoms with E-state index in [2.05, 4.69) is 4.99 Å². The van der Waals surface area contributed by atoms with Gasteiger partial charge in [-0.1, -0.05) is 18.2 Å². The fraction of sp³-hybridized carbons (Fsp3) is 0.222. The van der Waals surface area contributed by atoms with E-state index in [1.807, 2.05) is 17.2 Å². The van der Waals surface area contributed by atoms with Crippen LogP contribution in [0.2, 0.25) is 0 Å². The molecule has 2 aliphatic heterocycles. The Morgan fingerprint density at radius 3 is 2.83 bits per heavy atom. The standard InChI is InChI=1S/C18H15N3O3/c22-18-16-10-13(12-3-1-4-14(9-12)21(23)24)6-7-17(16)19-11-15-5-2-8-20(15)18/h1,3-4,6-7,9-11,15H,2,5,8H2/t15-/m0/s1. The van der Waals surface area contributed by atoms with Gasteiger partial charge in [-0.25, -0.2) is 0 Å². The van der Waals surface area contributed by atoms with Gasteiger partial charge in [-0.3, -0.25) is 19.9 Å². The Hall–Kier alpha value is -3.02. The molecule has 0 unspecified atom stereocenters. The number of hydrogen-bond donors (Lipinski definition) is 0. The number of fused-ring (bicyclic) bond motifs is 2. The molecule has 6 nitrogen and oxygen atoms in total. The number of benzene rings is 2. The Bertz CT molecular complexity index is 876. The molecule has 1 atom stereocenters. The van der Waals surface area contributed by atoms with Gasteiger partial charge in [0.2, 0.25) is 0 Å². The number of non-ortho nitro benzene ring substituents is 1. The third-order valence-corrected chi connectivity index (χ3v) is 4.56. The zero-order valence-electron chi connectivity index (χ0n) is 12.9. The van der Waals surface area contributed by atoms with Crippen molar-refractivity contribution in [1.29, 1.82) is 0 Å². The molecule has 24 heavy (non-hydrogen) atoms. The first-order chi connectivity index (χ1) is 11.6. The van der Waals surface area contributed by atoms with E-state index >= 15 is 0 Å². The SMILES string of the molecule is O=C1c2cc(-c3cccc([N+](=O)[O-])c3)ccc2N=C[C@@H]2CCCN12. The monoisotopic (exact) mass is 321 g/mol. The predicted octanol–water partition coefficient (Wildman–Crippen LogP) is 3.58. The molecule has 2 aromatic carbocycles. The second-order valence-corrected chi connectivity index (χ2v) is 6.03. The molecule has 2 heterocycles. The first-order valence-corrected chi connectivity index (χ1v) is 7.87. The zero-order chi connectivity index (χ0) is 16.7. The average Bonchev–Trinajstić information content (AvgIpc) is 3.03. The van der Waals surface area contributed by atoms with E-state index in [0.717, 1.165) is 24.9 Å². The summed E-state index contributed by atoms with van der Waals surface area (Å²) < 4.78 is 0. The number of amides is 1. The maximum Gasteiger partial charge on any atom is 0.270 e. The second kappa shape index (κ2) is 5.56. The minimum Gasteiger partial charge on any atom is -0.331 e. The van der Waals surface area contributed by atoms with Crippen LogP contribution in [0.3, 0.4) is 0 Å². The summed E-state index contributed by atoms with van der Waals surface area (Å²) in [5, 5.41) is 11.0. The van der Waals surface area contributed by atoms with E-state index in [-0.39, 0.29) is 17.6 Å². The van der Waals surface area contributed by atoms with E-state index < -0.39 is 4.92 Å². The van der Waals surface area contributed by atoms with Gasteiger partial charge in [0.25, 0.3) is 11.6 Å². The van der Waals surface area contributed by atoms with Crippen molar-refractivity contribution in [2.45, 2.75) is 18.9 Å². The highest BCUT2D eigenvalue weighted by molar-refractivity contribution is 6.03. The molecule has 0 aliphatic carbocycles. The zero-order valence-corrected chi connectivity index (χ0v) is 12.9. The Balaban J connectivity index is 1.78. The lowest BCUT2D eigenvalue weighted by Crippen LogP contribution is -2.35. The molecule has 1 saturated heterocycles. The quantitative estimate of drug-likeness (QED) is 0.626. The molecule has 2 aromatic rings. The van der Waals surface area contributed by atoms with Crippen LogP contribution >= 0.6 is 0 Å². The number of nitrogens with zero attached hydrogens (tertiary/aromatic N) is 3. The van der Waals surface area contributed by atoms with Crippen LogP contribution in [0.4, 0.5) is 11.4 Å². The number of rotatable bonds is 2. The lowest BCUT2D eigenvalue weighted by molar-refractivity contribution is -0.384. The maximum atomic E-state index is 12.8. The summed E-state index contributed by atoms with van der Waals surface area (Å²) >= 11 is 0. The molecule has 6 heteroatoms. The summed E-state index contributed by atoms with van der Waals surface area (Å²) in [6.45, 7) is 0.746. The van der Waals surface area contributed by atoms with E-state index in [1.54, 1.807) is 24.3 Å². The highest BCUT2D eigenvalue weighted by Crippen LogP contribution is 2.33. The Labute approximate surface area is 138 Å². The molecule has 0 saturated carbocycles. The molecule has 0 aromatic heterocycles. The van der Waals surface area contributed by atoms with Crippen molar-refractivity contribution in [1.82, 2.24) is 4.90 Å². The molecular formula is C18H15N3O3. The first kappa shape index (κ1) is 14.6. The molecule has 4 rings (SSSR count). The largest absolute Gasteiger partial charge is 0.331 e. The molecule has 0 N–H and O–H groups in total. The molecule has 0 spiro atoms. The van der Waals surface area contributed by atoms with Crippen molar-refractivity contribution in [2.24, 2.45) is 4.99 Å². The molecule has 120 valence electrons. The van der Waals surface area contributed by atoms with Gasteiger partial charge < -0.3 is 4.90 Å². The van der Waals surface area contributed by atoms with Crippen molar-refractivity contribution in [3.63, 3.8) is 0 Å². The van der Waals surface area contributed by atoms with Crippen LogP contribution in [0.5, 0.6) is 0 Å². The number of carbonyl (C=O) groups excluding carboxylic acids is 1. The van der Waals surface area contributed by atoms with E-state index in [1.165, 1.54) is 12.1 Å². The second-order valence-electron chi connectivity index (χ2n) is 6.03. The summed E-state index contributed by atoms with van der Waals surface area (Å²) in [4.78, 5) is 29.7. The van der Waals surface area contributed by atoms with E-state index in [0.29, 0.717) is 16.8 Å². The number of carbonyl (C=O) groups is 1. The van der Waals surface area contributed by atoms with Gasteiger partial charge in [-0.2, -0.15) is 0 Å². The van der Waals surface area contributed by atoms with Crippen molar-refractivity contribution in [3.8, 4) is 11.1 Å². The summed E-state index contributed by atoms with van der Waals surface area (Å²) in [5.74, 6) is -0.0164. The maximum absolute atomic E-state index is 12.8. The molecule has 2 aliphatic rings. The van der Waals surface area contributed by atoms with Crippen LogP contribution in [0.1, 0.15) is 23.2 Å². The highest BCUT2D eigenvalue weighted by atomic mass is 16.6. The van der Waals surface area contributed by atoms with Crippen LogP contribution in [0, 0.1) is 10.1 Å². The van der Waals surface area contributed by atoms with Gasteiger partial charge in [-0.15, -0.1) is 0 Å². The van der Waals surface area contributed by atoms with Gasteiger partial charge >= 0.3 is 0 Å². The van der Waals surface area contributed by atoms with Crippen molar-refractivity contribution >= 4 is 23.5 Å². The van der Waals surface area contributed by atoms with E-state index in [4.69, 9.17) is 0 Å². The Kier molecular flexibility index (Phi) is 3.37.